The van der Waals surface area contributed by atoms with Crippen LogP contribution in [-0.4, -0.2) is 0 Å². The number of aryl methyl sites for hydroxylation is 8. The van der Waals surface area contributed by atoms with Gasteiger partial charge in [-0.3, -0.25) is 0 Å². The molecule has 0 amide bonds. The lowest BCUT2D eigenvalue weighted by Crippen LogP contribution is -2.06. The van der Waals surface area contributed by atoms with E-state index in [0.717, 1.165) is 51.4 Å². The van der Waals surface area contributed by atoms with E-state index in [1.165, 1.54) is 89.0 Å². The fourth-order valence-corrected chi connectivity index (χ4v) is 9.26. The molecule has 0 aromatic heterocycles. The van der Waals surface area contributed by atoms with E-state index in [2.05, 4.69) is 194 Å². The van der Waals surface area contributed by atoms with E-state index in [1.807, 2.05) is 0 Å². The van der Waals surface area contributed by atoms with E-state index in [-0.39, 0.29) is 0 Å². The number of fused-ring (bicyclic) bond motifs is 8. The topological polar surface area (TPSA) is 0 Å². The maximum absolute atomic E-state index is 2.37. The molecule has 0 atom stereocenters. The minimum atomic E-state index is 0.978. The summed E-state index contributed by atoms with van der Waals surface area (Å²) in [7, 11) is 0. The molecule has 0 heteroatoms. The first-order valence-electron chi connectivity index (χ1n) is 20.4. The maximum atomic E-state index is 2.37. The third kappa shape index (κ3) is 7.53. The van der Waals surface area contributed by atoms with Crippen molar-refractivity contribution in [2.75, 3.05) is 0 Å². The van der Waals surface area contributed by atoms with Crippen LogP contribution in [-0.2, 0) is 51.4 Å². The van der Waals surface area contributed by atoms with Gasteiger partial charge in [-0.1, -0.05) is 194 Å². The molecule has 8 aromatic rings. The van der Waals surface area contributed by atoms with Crippen molar-refractivity contribution in [1.82, 2.24) is 0 Å². The highest BCUT2D eigenvalue weighted by atomic mass is 14.2. The molecule has 0 heterocycles. The molecular weight excluding hydrogens is 673 g/mol. The second kappa shape index (κ2) is 16.6. The Morgan fingerprint density at radius 1 is 0.161 bits per heavy atom. The Bertz CT molecular complexity index is 2090. The lowest BCUT2D eigenvalue weighted by atomic mass is 9.83. The average Bonchev–Trinajstić information content (AvgIpc) is 3.27. The van der Waals surface area contributed by atoms with Gasteiger partial charge in [0.2, 0.25) is 0 Å². The van der Waals surface area contributed by atoms with Gasteiger partial charge in [-0.25, -0.2) is 0 Å². The smallest absolute Gasteiger partial charge is 0.0120 e. The average molecular weight is 721 g/mol. The maximum Gasteiger partial charge on any atom is -0.0120 e. The van der Waals surface area contributed by atoms with E-state index in [4.69, 9.17) is 0 Å². The van der Waals surface area contributed by atoms with Crippen LogP contribution in [0, 0.1) is 0 Å². The third-order valence-electron chi connectivity index (χ3n) is 11.9. The van der Waals surface area contributed by atoms with Crippen LogP contribution in [0.3, 0.4) is 0 Å². The van der Waals surface area contributed by atoms with Crippen LogP contribution >= 0.6 is 0 Å². The Labute approximate surface area is 333 Å². The number of benzene rings is 8. The van der Waals surface area contributed by atoms with E-state index in [1.54, 1.807) is 0 Å². The Morgan fingerprint density at radius 2 is 0.321 bits per heavy atom. The zero-order chi connectivity index (χ0) is 37.5. The summed E-state index contributed by atoms with van der Waals surface area (Å²) in [5.74, 6) is 0. The number of hydrogen-bond acceptors (Lipinski definition) is 0. The van der Waals surface area contributed by atoms with E-state index < -0.39 is 0 Å². The monoisotopic (exact) mass is 720 g/mol. The summed E-state index contributed by atoms with van der Waals surface area (Å²) in [6.45, 7) is 0. The van der Waals surface area contributed by atoms with Crippen molar-refractivity contribution in [3.63, 3.8) is 0 Å². The molecule has 0 radical (unpaired) electrons. The van der Waals surface area contributed by atoms with Crippen LogP contribution in [0.25, 0.3) is 44.5 Å². The normalized spacial score (nSPS) is 13.1. The predicted octanol–water partition coefficient (Wildman–Crippen LogP) is 13.8. The number of rotatable bonds is 4. The van der Waals surface area contributed by atoms with Crippen LogP contribution in [0.2, 0.25) is 0 Å². The fraction of sp³-hybridized carbons (Fsp3) is 0.143. The molecule has 0 saturated heterocycles. The van der Waals surface area contributed by atoms with Gasteiger partial charge < -0.3 is 0 Å². The second-order valence-electron chi connectivity index (χ2n) is 15.3. The second-order valence-corrected chi connectivity index (χ2v) is 15.3. The van der Waals surface area contributed by atoms with Crippen LogP contribution < -0.4 is 0 Å². The van der Waals surface area contributed by atoms with Gasteiger partial charge in [-0.05, 0) is 140 Å². The number of hydrogen-bond donors (Lipinski definition) is 0. The van der Waals surface area contributed by atoms with Gasteiger partial charge >= 0.3 is 0 Å². The first-order chi connectivity index (χ1) is 27.8. The Morgan fingerprint density at radius 3 is 0.482 bits per heavy atom. The molecule has 8 bridgehead atoms. The molecule has 0 fully saturated rings. The summed E-state index contributed by atoms with van der Waals surface area (Å²) in [4.78, 5) is 0. The highest BCUT2D eigenvalue weighted by Crippen LogP contribution is 2.37. The van der Waals surface area contributed by atoms with Crippen LogP contribution in [0.5, 0.6) is 0 Å². The van der Waals surface area contributed by atoms with Crippen molar-refractivity contribution in [3.05, 3.63) is 239 Å². The van der Waals surface area contributed by atoms with Gasteiger partial charge in [0.05, 0.1) is 0 Å². The summed E-state index contributed by atoms with van der Waals surface area (Å²) >= 11 is 0. The molecular formula is C56H48. The SMILES string of the molecule is c1ccc(-c2c3cccc2CCc2cccc(c2-c2ccccc2)CCc2cccc(c2-c2ccccc2)CCc2cccc(c2-c2ccccc2)CC3)cc1. The van der Waals surface area contributed by atoms with Gasteiger partial charge in [-0.15, -0.1) is 0 Å². The van der Waals surface area contributed by atoms with Gasteiger partial charge in [0, 0.05) is 0 Å². The molecule has 1 aliphatic carbocycles. The lowest BCUT2D eigenvalue weighted by Gasteiger charge is -2.21. The van der Waals surface area contributed by atoms with Crippen LogP contribution in [0.1, 0.15) is 44.5 Å². The summed E-state index contributed by atoms with van der Waals surface area (Å²) in [5.41, 5.74) is 22.3. The van der Waals surface area contributed by atoms with Crippen LogP contribution in [0.4, 0.5) is 0 Å². The first-order valence-corrected chi connectivity index (χ1v) is 20.4. The zero-order valence-corrected chi connectivity index (χ0v) is 32.1. The summed E-state index contributed by atoms with van der Waals surface area (Å²) in [6.07, 6.45) is 7.83. The van der Waals surface area contributed by atoms with Gasteiger partial charge in [0.15, 0.2) is 0 Å². The van der Waals surface area contributed by atoms with Gasteiger partial charge in [0.25, 0.3) is 0 Å². The quantitative estimate of drug-likeness (QED) is 0.170. The molecule has 0 N–H and O–H groups in total. The van der Waals surface area contributed by atoms with E-state index in [0.29, 0.717) is 0 Å². The van der Waals surface area contributed by atoms with Crippen molar-refractivity contribution in [1.29, 1.82) is 0 Å². The highest BCUT2D eigenvalue weighted by molar-refractivity contribution is 5.76. The molecule has 0 nitrogen and oxygen atoms in total. The fourth-order valence-electron chi connectivity index (χ4n) is 9.26. The first kappa shape index (κ1) is 35.5. The zero-order valence-electron chi connectivity index (χ0n) is 32.1. The molecule has 8 aromatic carbocycles. The summed E-state index contributed by atoms with van der Waals surface area (Å²) in [6, 6.07) is 72.6. The largest absolute Gasteiger partial charge is 0.0622 e. The lowest BCUT2D eigenvalue weighted by molar-refractivity contribution is 0.911. The van der Waals surface area contributed by atoms with Gasteiger partial charge in [-0.2, -0.15) is 0 Å². The Hall–Kier alpha value is -6.24. The minimum Gasteiger partial charge on any atom is -0.0622 e. The third-order valence-corrected chi connectivity index (χ3v) is 11.9. The standard InChI is InChI=1S/C56H48/c1-5-17-41(18-6-1)53-45-25-13-26-46(53)34-36-48-28-15-30-50(55(48)43-21-9-3-10-22-43)38-40-52-32-16-31-51(56(52)44-23-11-4-12-24-44)39-37-49-29-14-27-47(35-33-45)54(49)42-19-7-2-8-20-42/h1-32H,33-40H2. The summed E-state index contributed by atoms with van der Waals surface area (Å²) < 4.78 is 0. The van der Waals surface area contributed by atoms with Crippen molar-refractivity contribution in [2.45, 2.75) is 51.4 Å². The molecule has 0 saturated carbocycles. The molecule has 272 valence electrons. The predicted molar refractivity (Wildman–Crippen MR) is 237 cm³/mol. The Kier molecular flexibility index (Phi) is 10.5. The molecule has 56 heavy (non-hydrogen) atoms. The molecule has 0 spiro atoms. The van der Waals surface area contributed by atoms with Crippen molar-refractivity contribution >= 4 is 0 Å². The van der Waals surface area contributed by atoms with E-state index >= 15 is 0 Å². The van der Waals surface area contributed by atoms with Crippen molar-refractivity contribution in [3.8, 4) is 44.5 Å². The molecule has 1 aliphatic rings. The van der Waals surface area contributed by atoms with Crippen LogP contribution in [0.15, 0.2) is 194 Å². The highest BCUT2D eigenvalue weighted by Gasteiger charge is 2.19. The molecule has 0 unspecified atom stereocenters. The van der Waals surface area contributed by atoms with Gasteiger partial charge in [0.1, 0.15) is 0 Å². The Balaban J connectivity index is 1.21. The van der Waals surface area contributed by atoms with Crippen molar-refractivity contribution in [2.24, 2.45) is 0 Å². The van der Waals surface area contributed by atoms with Crippen molar-refractivity contribution < 1.29 is 0 Å². The minimum absolute atomic E-state index is 0.978. The molecule has 9 rings (SSSR count). The molecule has 0 aliphatic heterocycles. The summed E-state index contributed by atoms with van der Waals surface area (Å²) in [5, 5.41) is 0. The van der Waals surface area contributed by atoms with E-state index in [9.17, 15) is 0 Å².